The van der Waals surface area contributed by atoms with Gasteiger partial charge in [0.2, 0.25) is 0 Å². The average molecular weight is 351 g/mol. The molecule has 2 aliphatic carbocycles. The molecule has 2 aliphatic rings. The third kappa shape index (κ3) is 3.21. The number of carbonyl (C=O) groups is 1. The minimum Gasteiger partial charge on any atom is -0.448 e. The number of aliphatic hydroxyl groups excluding tert-OH is 1. The van der Waals surface area contributed by atoms with Crippen molar-refractivity contribution in [2.45, 2.75) is 31.2 Å². The maximum atomic E-state index is 12.5. The van der Waals surface area contributed by atoms with Crippen LogP contribution in [0.15, 0.2) is 48.5 Å². The molecule has 0 aromatic heterocycles. The van der Waals surface area contributed by atoms with E-state index in [9.17, 15) is 9.90 Å². The largest absolute Gasteiger partial charge is 0.448 e. The highest BCUT2D eigenvalue weighted by Crippen LogP contribution is 2.44. The summed E-state index contributed by atoms with van der Waals surface area (Å²) in [5.41, 5.74) is 4.86. The van der Waals surface area contributed by atoms with E-state index in [1.165, 1.54) is 35.1 Å². The molecule has 4 rings (SSSR count). The number of carbonyl (C=O) groups excluding carboxylic acids is 1. The first-order valence-corrected chi connectivity index (χ1v) is 9.37. The zero-order chi connectivity index (χ0) is 18.1. The summed E-state index contributed by atoms with van der Waals surface area (Å²) in [4.78, 5) is 14.1. The third-order valence-corrected chi connectivity index (χ3v) is 5.68. The summed E-state index contributed by atoms with van der Waals surface area (Å²) in [6.07, 6.45) is 2.91. The number of likely N-dealkylation sites (N-methyl/N-ethyl adjacent to an activating group) is 1. The Labute approximate surface area is 154 Å². The highest BCUT2D eigenvalue weighted by atomic mass is 16.6. The Bertz CT molecular complexity index is 754. The molecule has 0 saturated heterocycles. The van der Waals surface area contributed by atoms with Crippen LogP contribution in [0.3, 0.4) is 0 Å². The van der Waals surface area contributed by atoms with Crippen LogP contribution in [0, 0.1) is 5.92 Å². The Kier molecular flexibility index (Phi) is 4.68. The van der Waals surface area contributed by atoms with E-state index in [4.69, 9.17) is 4.74 Å². The van der Waals surface area contributed by atoms with Gasteiger partial charge in [0.1, 0.15) is 6.61 Å². The summed E-state index contributed by atoms with van der Waals surface area (Å²) >= 11 is 0. The molecule has 4 nitrogen and oxygen atoms in total. The maximum Gasteiger partial charge on any atom is 0.409 e. The number of nitrogens with zero attached hydrogens (tertiary/aromatic N) is 1. The number of fused-ring (bicyclic) bond motifs is 3. The summed E-state index contributed by atoms with van der Waals surface area (Å²) in [5, 5.41) is 9.61. The summed E-state index contributed by atoms with van der Waals surface area (Å²) in [6, 6.07) is 16.5. The minimum absolute atomic E-state index is 0.0167. The van der Waals surface area contributed by atoms with Gasteiger partial charge in [-0.2, -0.15) is 0 Å². The fraction of sp³-hybridized carbons (Fsp3) is 0.409. The Morgan fingerprint density at radius 1 is 1.12 bits per heavy atom. The molecule has 26 heavy (non-hydrogen) atoms. The molecule has 2 aromatic rings. The Hall–Kier alpha value is -2.33. The molecular weight excluding hydrogens is 326 g/mol. The number of ether oxygens (including phenoxy) is 1. The highest BCUT2D eigenvalue weighted by molar-refractivity contribution is 5.79. The summed E-state index contributed by atoms with van der Waals surface area (Å²) in [7, 11) is 1.72. The van der Waals surface area contributed by atoms with E-state index in [1.54, 1.807) is 11.9 Å². The SMILES string of the molecule is CN(C(=O)OCC1c2ccccc2-c2ccccc21)C(CO)CC1CC1. The van der Waals surface area contributed by atoms with Crippen LogP contribution in [-0.2, 0) is 4.74 Å². The second-order valence-electron chi connectivity index (χ2n) is 7.43. The second kappa shape index (κ2) is 7.12. The van der Waals surface area contributed by atoms with E-state index in [-0.39, 0.29) is 24.7 Å². The first-order valence-electron chi connectivity index (χ1n) is 9.37. The van der Waals surface area contributed by atoms with Gasteiger partial charge in [-0.05, 0) is 34.6 Å². The first-order chi connectivity index (χ1) is 12.7. The molecule has 1 amide bonds. The second-order valence-corrected chi connectivity index (χ2v) is 7.43. The third-order valence-electron chi connectivity index (χ3n) is 5.68. The van der Waals surface area contributed by atoms with E-state index >= 15 is 0 Å². The lowest BCUT2D eigenvalue weighted by molar-refractivity contribution is 0.0752. The number of amides is 1. The van der Waals surface area contributed by atoms with Crippen LogP contribution < -0.4 is 0 Å². The minimum atomic E-state index is -0.355. The Morgan fingerprint density at radius 3 is 2.23 bits per heavy atom. The van der Waals surface area contributed by atoms with Crippen molar-refractivity contribution in [3.05, 3.63) is 59.7 Å². The lowest BCUT2D eigenvalue weighted by Gasteiger charge is -2.26. The average Bonchev–Trinajstić information content (AvgIpc) is 3.45. The Balaban J connectivity index is 1.46. The normalized spacial score (nSPS) is 16.7. The van der Waals surface area contributed by atoms with Crippen molar-refractivity contribution < 1.29 is 14.6 Å². The van der Waals surface area contributed by atoms with E-state index in [1.807, 2.05) is 24.3 Å². The van der Waals surface area contributed by atoms with Gasteiger partial charge >= 0.3 is 6.09 Å². The Morgan fingerprint density at radius 2 is 1.69 bits per heavy atom. The summed E-state index contributed by atoms with van der Waals surface area (Å²) < 4.78 is 5.66. The van der Waals surface area contributed by atoms with Crippen LogP contribution in [0.1, 0.15) is 36.3 Å². The lowest BCUT2D eigenvalue weighted by atomic mass is 9.98. The molecule has 1 saturated carbocycles. The standard InChI is InChI=1S/C22H25NO3/c1-23(16(13-24)12-15-10-11-15)22(25)26-14-21-19-8-4-2-6-17(19)18-7-3-5-9-20(18)21/h2-9,15-16,21,24H,10-14H2,1H3. The van der Waals surface area contributed by atoms with Gasteiger partial charge < -0.3 is 14.7 Å². The van der Waals surface area contributed by atoms with E-state index < -0.39 is 0 Å². The molecule has 0 spiro atoms. The molecule has 0 heterocycles. The van der Waals surface area contributed by atoms with Gasteiger partial charge in [0.25, 0.3) is 0 Å². The first kappa shape index (κ1) is 17.1. The monoisotopic (exact) mass is 351 g/mol. The highest BCUT2D eigenvalue weighted by Gasteiger charge is 2.32. The van der Waals surface area contributed by atoms with Crippen LogP contribution in [0.4, 0.5) is 4.79 Å². The van der Waals surface area contributed by atoms with Crippen molar-refractivity contribution in [1.29, 1.82) is 0 Å². The molecular formula is C22H25NO3. The summed E-state index contributed by atoms with van der Waals surface area (Å²) in [6.45, 7) is 0.302. The molecule has 1 atom stereocenters. The molecule has 2 aromatic carbocycles. The van der Waals surface area contributed by atoms with E-state index in [0.29, 0.717) is 12.5 Å². The van der Waals surface area contributed by atoms with Gasteiger partial charge in [-0.25, -0.2) is 4.79 Å². The number of hydrogen-bond acceptors (Lipinski definition) is 3. The van der Waals surface area contributed by atoms with Gasteiger partial charge in [-0.15, -0.1) is 0 Å². The molecule has 1 fully saturated rings. The van der Waals surface area contributed by atoms with E-state index in [2.05, 4.69) is 24.3 Å². The lowest BCUT2D eigenvalue weighted by Crippen LogP contribution is -2.40. The maximum absolute atomic E-state index is 12.5. The molecule has 0 radical (unpaired) electrons. The van der Waals surface area contributed by atoms with Crippen molar-refractivity contribution >= 4 is 6.09 Å². The molecule has 4 heteroatoms. The number of aliphatic hydroxyl groups is 1. The molecule has 0 aliphatic heterocycles. The van der Waals surface area contributed by atoms with Gasteiger partial charge in [0, 0.05) is 13.0 Å². The number of hydrogen-bond donors (Lipinski definition) is 1. The summed E-state index contributed by atoms with van der Waals surface area (Å²) in [5.74, 6) is 0.715. The predicted molar refractivity (Wildman–Crippen MR) is 101 cm³/mol. The smallest absolute Gasteiger partial charge is 0.409 e. The van der Waals surface area contributed by atoms with Crippen molar-refractivity contribution in [2.75, 3.05) is 20.3 Å². The van der Waals surface area contributed by atoms with Gasteiger partial charge in [0.15, 0.2) is 0 Å². The number of rotatable bonds is 6. The quantitative estimate of drug-likeness (QED) is 0.855. The van der Waals surface area contributed by atoms with Crippen LogP contribution in [-0.4, -0.2) is 42.4 Å². The van der Waals surface area contributed by atoms with Gasteiger partial charge in [0.05, 0.1) is 12.6 Å². The van der Waals surface area contributed by atoms with E-state index in [0.717, 1.165) is 6.42 Å². The molecule has 136 valence electrons. The van der Waals surface area contributed by atoms with Crippen molar-refractivity contribution in [3.8, 4) is 11.1 Å². The van der Waals surface area contributed by atoms with Crippen molar-refractivity contribution in [3.63, 3.8) is 0 Å². The molecule has 1 N–H and O–H groups in total. The zero-order valence-corrected chi connectivity index (χ0v) is 15.1. The predicted octanol–water partition coefficient (Wildman–Crippen LogP) is 4.03. The molecule has 0 bridgehead atoms. The van der Waals surface area contributed by atoms with Crippen molar-refractivity contribution in [1.82, 2.24) is 4.90 Å². The van der Waals surface area contributed by atoms with Crippen LogP contribution >= 0.6 is 0 Å². The van der Waals surface area contributed by atoms with Crippen LogP contribution in [0.25, 0.3) is 11.1 Å². The zero-order valence-electron chi connectivity index (χ0n) is 15.1. The van der Waals surface area contributed by atoms with Gasteiger partial charge in [-0.3, -0.25) is 0 Å². The van der Waals surface area contributed by atoms with Crippen LogP contribution in [0.2, 0.25) is 0 Å². The molecule has 1 unspecified atom stereocenters. The fourth-order valence-electron chi connectivity index (χ4n) is 3.94. The van der Waals surface area contributed by atoms with Crippen LogP contribution in [0.5, 0.6) is 0 Å². The topological polar surface area (TPSA) is 49.8 Å². The fourth-order valence-corrected chi connectivity index (χ4v) is 3.94. The number of benzene rings is 2. The van der Waals surface area contributed by atoms with Crippen molar-refractivity contribution in [2.24, 2.45) is 5.92 Å². The van der Waals surface area contributed by atoms with Gasteiger partial charge in [-0.1, -0.05) is 61.4 Å².